The number of carbonyl (C=O) groups excluding carboxylic acids is 1. The van der Waals surface area contributed by atoms with Crippen molar-refractivity contribution in [3.8, 4) is 5.75 Å². The highest BCUT2D eigenvalue weighted by molar-refractivity contribution is 5.89. The molecule has 116 valence electrons. The number of amides is 2. The third kappa shape index (κ3) is 5.14. The molecule has 21 heavy (non-hydrogen) atoms. The molecule has 2 rings (SSSR count). The van der Waals surface area contributed by atoms with Crippen molar-refractivity contribution < 1.29 is 22.7 Å². The van der Waals surface area contributed by atoms with Gasteiger partial charge in [-0.15, -0.1) is 13.2 Å². The number of nitrogens with zero attached hydrogens (tertiary/aromatic N) is 1. The molecule has 0 aromatic heterocycles. The monoisotopic (exact) mass is 303 g/mol. The fraction of sp³-hybridized carbons (Fsp3) is 0.462. The Morgan fingerprint density at radius 1 is 1.33 bits per heavy atom. The highest BCUT2D eigenvalue weighted by Gasteiger charge is 2.31. The Morgan fingerprint density at radius 2 is 2.00 bits per heavy atom. The normalized spacial score (nSPS) is 19.3. The van der Waals surface area contributed by atoms with Gasteiger partial charge in [-0.25, -0.2) is 4.79 Å². The van der Waals surface area contributed by atoms with Gasteiger partial charge < -0.3 is 20.3 Å². The SMILES string of the molecule is CN1CC[C@@H](NC(=O)Nc2ccc(OC(F)(F)F)cc2)C1. The second kappa shape index (κ2) is 6.21. The summed E-state index contributed by atoms with van der Waals surface area (Å²) in [6.45, 7) is 1.71. The number of alkyl halides is 3. The minimum Gasteiger partial charge on any atom is -0.406 e. The Balaban J connectivity index is 1.84. The summed E-state index contributed by atoms with van der Waals surface area (Å²) in [6, 6.07) is 4.70. The zero-order valence-electron chi connectivity index (χ0n) is 11.4. The fourth-order valence-electron chi connectivity index (χ4n) is 2.15. The summed E-state index contributed by atoms with van der Waals surface area (Å²) in [5, 5.41) is 5.38. The summed E-state index contributed by atoms with van der Waals surface area (Å²) < 4.78 is 39.8. The molecular formula is C13H16F3N3O2. The molecule has 2 N–H and O–H groups in total. The highest BCUT2D eigenvalue weighted by Crippen LogP contribution is 2.23. The van der Waals surface area contributed by atoms with Gasteiger partial charge in [-0.3, -0.25) is 0 Å². The number of likely N-dealkylation sites (N-methyl/N-ethyl adjacent to an activating group) is 1. The first-order valence-corrected chi connectivity index (χ1v) is 6.44. The van der Waals surface area contributed by atoms with E-state index in [-0.39, 0.29) is 17.8 Å². The summed E-state index contributed by atoms with van der Waals surface area (Å²) in [6.07, 6.45) is -3.84. The largest absolute Gasteiger partial charge is 0.573 e. The van der Waals surface area contributed by atoms with Crippen molar-refractivity contribution in [3.63, 3.8) is 0 Å². The number of hydrogen-bond donors (Lipinski definition) is 2. The van der Waals surface area contributed by atoms with Crippen LogP contribution in [0.1, 0.15) is 6.42 Å². The van der Waals surface area contributed by atoms with Crippen molar-refractivity contribution in [2.45, 2.75) is 18.8 Å². The molecule has 0 bridgehead atoms. The summed E-state index contributed by atoms with van der Waals surface area (Å²) in [4.78, 5) is 13.8. The number of benzene rings is 1. The molecule has 1 atom stereocenters. The number of rotatable bonds is 3. The molecule has 1 fully saturated rings. The molecule has 1 aliphatic rings. The molecule has 1 heterocycles. The molecule has 8 heteroatoms. The lowest BCUT2D eigenvalue weighted by Gasteiger charge is -2.14. The smallest absolute Gasteiger partial charge is 0.406 e. The van der Waals surface area contributed by atoms with E-state index in [4.69, 9.17) is 0 Å². The van der Waals surface area contributed by atoms with Crippen LogP contribution in [0.3, 0.4) is 0 Å². The van der Waals surface area contributed by atoms with Gasteiger partial charge in [-0.05, 0) is 44.3 Å². The predicted molar refractivity (Wildman–Crippen MR) is 71.2 cm³/mol. The van der Waals surface area contributed by atoms with Gasteiger partial charge in [-0.2, -0.15) is 0 Å². The van der Waals surface area contributed by atoms with Gasteiger partial charge in [0, 0.05) is 18.3 Å². The number of likely N-dealkylation sites (tertiary alicyclic amines) is 1. The first-order valence-electron chi connectivity index (χ1n) is 6.44. The standard InChI is InChI=1S/C13H16F3N3O2/c1-19-7-6-10(8-19)18-12(20)17-9-2-4-11(5-3-9)21-13(14,15)16/h2-5,10H,6-8H2,1H3,(H2,17,18,20)/t10-/m1/s1. The number of anilines is 1. The molecule has 0 aliphatic carbocycles. The van der Waals surface area contributed by atoms with Crippen molar-refractivity contribution >= 4 is 11.7 Å². The number of hydrogen-bond acceptors (Lipinski definition) is 3. The number of urea groups is 1. The van der Waals surface area contributed by atoms with E-state index in [1.807, 2.05) is 7.05 Å². The van der Waals surface area contributed by atoms with E-state index in [2.05, 4.69) is 20.3 Å². The van der Waals surface area contributed by atoms with Crippen LogP contribution in [-0.2, 0) is 0 Å². The Labute approximate surface area is 120 Å². The minimum atomic E-state index is -4.72. The van der Waals surface area contributed by atoms with Crippen LogP contribution >= 0.6 is 0 Å². The van der Waals surface area contributed by atoms with Crippen molar-refractivity contribution in [2.24, 2.45) is 0 Å². The maximum absolute atomic E-state index is 12.0. The van der Waals surface area contributed by atoms with E-state index in [0.29, 0.717) is 5.69 Å². The summed E-state index contributed by atoms with van der Waals surface area (Å²) in [5.74, 6) is -0.328. The average Bonchev–Trinajstić information content (AvgIpc) is 2.75. The molecule has 1 saturated heterocycles. The molecule has 1 aliphatic heterocycles. The lowest BCUT2D eigenvalue weighted by Crippen LogP contribution is -2.39. The van der Waals surface area contributed by atoms with E-state index >= 15 is 0 Å². The number of halogens is 3. The molecule has 2 amide bonds. The van der Waals surface area contributed by atoms with Crippen LogP contribution in [0.4, 0.5) is 23.7 Å². The van der Waals surface area contributed by atoms with Crippen LogP contribution in [0.15, 0.2) is 24.3 Å². The molecule has 5 nitrogen and oxygen atoms in total. The first-order chi connectivity index (χ1) is 9.82. The summed E-state index contributed by atoms with van der Waals surface area (Å²) >= 11 is 0. The van der Waals surface area contributed by atoms with Gasteiger partial charge in [0.05, 0.1) is 0 Å². The Morgan fingerprint density at radius 3 is 2.52 bits per heavy atom. The van der Waals surface area contributed by atoms with Crippen molar-refractivity contribution in [3.05, 3.63) is 24.3 Å². The molecule has 0 unspecified atom stereocenters. The quantitative estimate of drug-likeness (QED) is 0.901. The first kappa shape index (κ1) is 15.4. The third-order valence-electron chi connectivity index (χ3n) is 3.07. The van der Waals surface area contributed by atoms with E-state index in [9.17, 15) is 18.0 Å². The topological polar surface area (TPSA) is 53.6 Å². The molecule has 0 radical (unpaired) electrons. The van der Waals surface area contributed by atoms with Crippen molar-refractivity contribution in [1.29, 1.82) is 0 Å². The van der Waals surface area contributed by atoms with Crippen molar-refractivity contribution in [1.82, 2.24) is 10.2 Å². The number of ether oxygens (including phenoxy) is 1. The maximum atomic E-state index is 12.0. The zero-order chi connectivity index (χ0) is 15.5. The summed E-state index contributed by atoms with van der Waals surface area (Å²) in [7, 11) is 1.97. The number of nitrogens with one attached hydrogen (secondary N) is 2. The third-order valence-corrected chi connectivity index (χ3v) is 3.07. The minimum absolute atomic E-state index is 0.0860. The molecule has 1 aromatic rings. The van der Waals surface area contributed by atoms with Crippen molar-refractivity contribution in [2.75, 3.05) is 25.5 Å². The van der Waals surface area contributed by atoms with Gasteiger partial charge in [-0.1, -0.05) is 0 Å². The Bertz CT molecular complexity index is 490. The van der Waals surface area contributed by atoms with E-state index in [1.165, 1.54) is 12.1 Å². The van der Waals surface area contributed by atoms with Crippen LogP contribution < -0.4 is 15.4 Å². The highest BCUT2D eigenvalue weighted by atomic mass is 19.4. The van der Waals surface area contributed by atoms with Crippen LogP contribution in [0.2, 0.25) is 0 Å². The molecule has 1 aromatic carbocycles. The van der Waals surface area contributed by atoms with Crippen LogP contribution in [-0.4, -0.2) is 43.5 Å². The molecule has 0 saturated carbocycles. The Hall–Kier alpha value is -1.96. The van der Waals surface area contributed by atoms with Gasteiger partial charge in [0.1, 0.15) is 5.75 Å². The summed E-state index contributed by atoms with van der Waals surface area (Å²) in [5.41, 5.74) is 0.397. The van der Waals surface area contributed by atoms with Gasteiger partial charge in [0.2, 0.25) is 0 Å². The molecular weight excluding hydrogens is 287 g/mol. The van der Waals surface area contributed by atoms with Gasteiger partial charge in [0.15, 0.2) is 0 Å². The van der Waals surface area contributed by atoms with Crippen LogP contribution in [0, 0.1) is 0 Å². The predicted octanol–water partition coefficient (Wildman–Crippen LogP) is 2.41. The van der Waals surface area contributed by atoms with Crippen LogP contribution in [0.25, 0.3) is 0 Å². The second-order valence-electron chi connectivity index (χ2n) is 4.92. The lowest BCUT2D eigenvalue weighted by molar-refractivity contribution is -0.274. The van der Waals surface area contributed by atoms with Crippen LogP contribution in [0.5, 0.6) is 5.75 Å². The lowest BCUT2D eigenvalue weighted by atomic mass is 10.2. The maximum Gasteiger partial charge on any atom is 0.573 e. The Kier molecular flexibility index (Phi) is 4.56. The van der Waals surface area contributed by atoms with Gasteiger partial charge >= 0.3 is 12.4 Å². The fourth-order valence-corrected chi connectivity index (χ4v) is 2.15. The number of carbonyl (C=O) groups is 1. The average molecular weight is 303 g/mol. The van der Waals surface area contributed by atoms with Gasteiger partial charge in [0.25, 0.3) is 0 Å². The van der Waals surface area contributed by atoms with E-state index in [0.717, 1.165) is 31.6 Å². The van der Waals surface area contributed by atoms with E-state index in [1.54, 1.807) is 0 Å². The molecule has 0 spiro atoms. The van der Waals surface area contributed by atoms with E-state index < -0.39 is 6.36 Å². The second-order valence-corrected chi connectivity index (χ2v) is 4.92. The zero-order valence-corrected chi connectivity index (χ0v) is 11.4.